The zero-order chi connectivity index (χ0) is 16.2. The van der Waals surface area contributed by atoms with Crippen LogP contribution in [0.25, 0.3) is 0 Å². The molecule has 0 saturated carbocycles. The number of nitro groups is 1. The molecule has 0 fully saturated rings. The molecule has 1 atom stereocenters. The van der Waals surface area contributed by atoms with E-state index in [-0.39, 0.29) is 28.6 Å². The first-order valence-corrected chi connectivity index (χ1v) is 7.79. The Labute approximate surface area is 137 Å². The molecule has 116 valence electrons. The number of non-ortho nitro benzene ring substituents is 1. The third-order valence-electron chi connectivity index (χ3n) is 3.10. The summed E-state index contributed by atoms with van der Waals surface area (Å²) in [5.74, 6) is 0.0883. The number of rotatable bonds is 5. The molecule has 0 aliphatic carbocycles. The number of hydrogen-bond acceptors (Lipinski definition) is 3. The summed E-state index contributed by atoms with van der Waals surface area (Å²) < 4.78 is 0.492. The molecule has 1 amide bonds. The summed E-state index contributed by atoms with van der Waals surface area (Å²) in [6.07, 6.45) is 0.632. The van der Waals surface area contributed by atoms with E-state index in [1.807, 2.05) is 20.8 Å². The minimum atomic E-state index is -0.526. The maximum atomic E-state index is 12.3. The van der Waals surface area contributed by atoms with Crippen LogP contribution in [-0.2, 0) is 0 Å². The third kappa shape index (κ3) is 5.28. The van der Waals surface area contributed by atoms with Crippen molar-refractivity contribution in [2.75, 3.05) is 5.88 Å². The Morgan fingerprint density at radius 3 is 2.52 bits per heavy atom. The van der Waals surface area contributed by atoms with Gasteiger partial charge in [0, 0.05) is 34.1 Å². The Balaban J connectivity index is 3.00. The van der Waals surface area contributed by atoms with Gasteiger partial charge in [0.2, 0.25) is 0 Å². The average Bonchev–Trinajstić information content (AvgIpc) is 2.36. The highest BCUT2D eigenvalue weighted by atomic mass is 79.9. The molecule has 0 spiro atoms. The van der Waals surface area contributed by atoms with Crippen molar-refractivity contribution in [2.45, 2.75) is 33.2 Å². The smallest absolute Gasteiger partial charge is 0.271 e. The van der Waals surface area contributed by atoms with Crippen molar-refractivity contribution in [3.05, 3.63) is 38.3 Å². The van der Waals surface area contributed by atoms with E-state index in [1.165, 1.54) is 12.1 Å². The van der Waals surface area contributed by atoms with Gasteiger partial charge in [-0.2, -0.15) is 0 Å². The van der Waals surface area contributed by atoms with Crippen molar-refractivity contribution >= 4 is 39.1 Å². The fourth-order valence-electron chi connectivity index (χ4n) is 1.88. The summed E-state index contributed by atoms with van der Waals surface area (Å²) in [6, 6.07) is 4.07. The largest absolute Gasteiger partial charge is 0.349 e. The highest BCUT2D eigenvalue weighted by Crippen LogP contribution is 2.24. The van der Waals surface area contributed by atoms with Gasteiger partial charge in [-0.3, -0.25) is 14.9 Å². The summed E-state index contributed by atoms with van der Waals surface area (Å²) in [7, 11) is 0. The topological polar surface area (TPSA) is 72.2 Å². The van der Waals surface area contributed by atoms with E-state index >= 15 is 0 Å². The van der Waals surface area contributed by atoms with Crippen molar-refractivity contribution in [1.29, 1.82) is 0 Å². The number of benzene rings is 1. The number of amides is 1. The van der Waals surface area contributed by atoms with Gasteiger partial charge in [0.25, 0.3) is 11.6 Å². The molecule has 0 radical (unpaired) electrons. The maximum absolute atomic E-state index is 12.3. The van der Waals surface area contributed by atoms with Crippen LogP contribution in [-0.4, -0.2) is 22.8 Å². The molecule has 0 bridgehead atoms. The van der Waals surface area contributed by atoms with Crippen molar-refractivity contribution in [1.82, 2.24) is 5.32 Å². The van der Waals surface area contributed by atoms with Crippen molar-refractivity contribution in [3.63, 3.8) is 0 Å². The monoisotopic (exact) mass is 376 g/mol. The van der Waals surface area contributed by atoms with Crippen LogP contribution in [0.3, 0.4) is 0 Å². The summed E-state index contributed by atoms with van der Waals surface area (Å²) in [5.41, 5.74) is -0.0262. The normalized spacial score (nSPS) is 12.8. The fourth-order valence-corrected chi connectivity index (χ4v) is 2.58. The molecule has 5 nitrogen and oxygen atoms in total. The molecule has 1 rings (SSSR count). The van der Waals surface area contributed by atoms with Gasteiger partial charge in [-0.15, -0.1) is 11.6 Å². The summed E-state index contributed by atoms with van der Waals surface area (Å²) in [5, 5.41) is 13.7. The number of carbonyl (C=O) groups excluding carboxylic acids is 1. The zero-order valence-corrected chi connectivity index (χ0v) is 14.5. The van der Waals surface area contributed by atoms with Crippen LogP contribution >= 0.6 is 27.5 Å². The van der Waals surface area contributed by atoms with Gasteiger partial charge in [0.05, 0.1) is 4.92 Å². The van der Waals surface area contributed by atoms with Crippen LogP contribution in [0.5, 0.6) is 0 Å². The third-order valence-corrected chi connectivity index (χ3v) is 3.78. The zero-order valence-electron chi connectivity index (χ0n) is 12.2. The minimum Gasteiger partial charge on any atom is -0.349 e. The van der Waals surface area contributed by atoms with Crippen LogP contribution in [0, 0.1) is 15.5 Å². The van der Waals surface area contributed by atoms with E-state index in [0.717, 1.165) is 0 Å². The first-order valence-electron chi connectivity index (χ1n) is 6.47. The first-order chi connectivity index (χ1) is 9.65. The summed E-state index contributed by atoms with van der Waals surface area (Å²) in [6.45, 7) is 6.02. The number of hydrogen-bond donors (Lipinski definition) is 1. The van der Waals surface area contributed by atoms with Crippen LogP contribution in [0.2, 0.25) is 0 Å². The summed E-state index contributed by atoms with van der Waals surface area (Å²) >= 11 is 8.96. The van der Waals surface area contributed by atoms with Gasteiger partial charge in [0.1, 0.15) is 0 Å². The number of nitro benzene ring substituents is 1. The van der Waals surface area contributed by atoms with Crippen LogP contribution in [0.15, 0.2) is 22.7 Å². The van der Waals surface area contributed by atoms with E-state index in [2.05, 4.69) is 21.2 Å². The van der Waals surface area contributed by atoms with E-state index in [1.54, 1.807) is 6.07 Å². The molecular formula is C14H18BrClN2O3. The number of carbonyl (C=O) groups is 1. The van der Waals surface area contributed by atoms with Crippen molar-refractivity contribution in [3.8, 4) is 0 Å². The van der Waals surface area contributed by atoms with Crippen LogP contribution < -0.4 is 5.32 Å². The first kappa shape index (κ1) is 17.9. The van der Waals surface area contributed by atoms with Gasteiger partial charge in [-0.25, -0.2) is 0 Å². The van der Waals surface area contributed by atoms with Gasteiger partial charge >= 0.3 is 0 Å². The highest BCUT2D eigenvalue weighted by Gasteiger charge is 2.26. The molecule has 1 N–H and O–H groups in total. The standard InChI is InChI=1S/C14H18BrClN2O3/c1-14(2,3)12(4-5-16)17-13(19)9-6-10(15)8-11(7-9)18(20)21/h6-8,12H,4-5H2,1-3H3,(H,17,19). The molecule has 0 heterocycles. The number of halogens is 2. The fraction of sp³-hybridized carbons (Fsp3) is 0.500. The van der Waals surface area contributed by atoms with E-state index < -0.39 is 4.92 Å². The molecule has 0 aliphatic heterocycles. The lowest BCUT2D eigenvalue weighted by Gasteiger charge is -2.31. The Hall–Kier alpha value is -1.14. The summed E-state index contributed by atoms with van der Waals surface area (Å²) in [4.78, 5) is 22.6. The predicted molar refractivity (Wildman–Crippen MR) is 86.8 cm³/mol. The van der Waals surface area contributed by atoms with Gasteiger partial charge in [-0.1, -0.05) is 36.7 Å². The van der Waals surface area contributed by atoms with Crippen molar-refractivity contribution in [2.24, 2.45) is 5.41 Å². The Morgan fingerprint density at radius 2 is 2.05 bits per heavy atom. The number of alkyl halides is 1. The Morgan fingerprint density at radius 1 is 1.43 bits per heavy atom. The number of nitrogens with zero attached hydrogens (tertiary/aromatic N) is 1. The van der Waals surface area contributed by atoms with Crippen LogP contribution in [0.1, 0.15) is 37.6 Å². The second kappa shape index (κ2) is 7.22. The molecule has 1 aromatic rings. The van der Waals surface area contributed by atoms with Crippen molar-refractivity contribution < 1.29 is 9.72 Å². The van der Waals surface area contributed by atoms with E-state index in [9.17, 15) is 14.9 Å². The van der Waals surface area contributed by atoms with E-state index in [0.29, 0.717) is 16.8 Å². The molecule has 0 aromatic heterocycles. The van der Waals surface area contributed by atoms with Gasteiger partial charge in [-0.05, 0) is 17.9 Å². The second-order valence-electron chi connectivity index (χ2n) is 5.82. The lowest BCUT2D eigenvalue weighted by atomic mass is 9.85. The van der Waals surface area contributed by atoms with Gasteiger partial charge in [0.15, 0.2) is 0 Å². The SMILES string of the molecule is CC(C)(C)C(CCCl)NC(=O)c1cc(Br)cc([N+](=O)[O-])c1. The molecule has 1 aromatic carbocycles. The lowest BCUT2D eigenvalue weighted by molar-refractivity contribution is -0.385. The Bertz CT molecular complexity index is 544. The molecule has 21 heavy (non-hydrogen) atoms. The second-order valence-corrected chi connectivity index (χ2v) is 7.12. The lowest BCUT2D eigenvalue weighted by Crippen LogP contribution is -2.44. The molecule has 0 aliphatic rings. The molecule has 1 unspecified atom stereocenters. The van der Waals surface area contributed by atoms with E-state index in [4.69, 9.17) is 11.6 Å². The molecule has 7 heteroatoms. The number of nitrogens with one attached hydrogen (secondary N) is 1. The molecule has 0 saturated heterocycles. The molecular weight excluding hydrogens is 360 g/mol. The predicted octanol–water partition coefficient (Wildman–Crippen LogP) is 4.13. The highest BCUT2D eigenvalue weighted by molar-refractivity contribution is 9.10. The average molecular weight is 378 g/mol. The Kier molecular flexibility index (Phi) is 6.16. The van der Waals surface area contributed by atoms with Crippen LogP contribution in [0.4, 0.5) is 5.69 Å². The minimum absolute atomic E-state index is 0.111. The quantitative estimate of drug-likeness (QED) is 0.476. The maximum Gasteiger partial charge on any atom is 0.271 e. The van der Waals surface area contributed by atoms with Gasteiger partial charge < -0.3 is 5.32 Å².